The Bertz CT molecular complexity index is 969. The first-order valence-electron chi connectivity index (χ1n) is 11.5. The van der Waals surface area contributed by atoms with Crippen LogP contribution < -0.4 is 0 Å². The van der Waals surface area contributed by atoms with E-state index in [1.165, 1.54) is 12.2 Å². The highest BCUT2D eigenvalue weighted by molar-refractivity contribution is 6.01. The Morgan fingerprint density at radius 1 is 1.25 bits per heavy atom. The number of aliphatic hydroxyl groups excluding tert-OH is 1. The van der Waals surface area contributed by atoms with E-state index >= 15 is 4.39 Å². The van der Waals surface area contributed by atoms with Gasteiger partial charge >= 0.3 is 5.97 Å². The molecule has 0 aromatic heterocycles. The van der Waals surface area contributed by atoms with E-state index in [9.17, 15) is 19.5 Å². The van der Waals surface area contributed by atoms with Crippen LogP contribution in [0.25, 0.3) is 0 Å². The number of ether oxygens (including phenoxy) is 1. The summed E-state index contributed by atoms with van der Waals surface area (Å²) in [6.45, 7) is 8.54. The van der Waals surface area contributed by atoms with E-state index < -0.39 is 39.9 Å². The Hall–Kier alpha value is -2.08. The molecule has 0 radical (unpaired) electrons. The van der Waals surface area contributed by atoms with Gasteiger partial charge in [0.1, 0.15) is 0 Å². The third kappa shape index (κ3) is 3.09. The zero-order valence-corrected chi connectivity index (χ0v) is 19.5. The highest BCUT2D eigenvalue weighted by Crippen LogP contribution is 2.67. The minimum Gasteiger partial charge on any atom is -0.457 e. The molecule has 0 unspecified atom stereocenters. The van der Waals surface area contributed by atoms with Crippen LogP contribution in [-0.4, -0.2) is 41.0 Å². The van der Waals surface area contributed by atoms with Gasteiger partial charge in [-0.25, -0.2) is 4.39 Å². The Morgan fingerprint density at radius 2 is 1.94 bits per heavy atom. The lowest BCUT2D eigenvalue weighted by Gasteiger charge is -2.61. The van der Waals surface area contributed by atoms with E-state index in [1.807, 2.05) is 13.0 Å². The van der Waals surface area contributed by atoms with Crippen LogP contribution >= 0.6 is 0 Å². The number of ketones is 2. The first-order chi connectivity index (χ1) is 14.7. The Balaban J connectivity index is 1.60. The summed E-state index contributed by atoms with van der Waals surface area (Å²) >= 11 is 0. The van der Waals surface area contributed by atoms with Crippen LogP contribution in [0.15, 0.2) is 35.5 Å². The van der Waals surface area contributed by atoms with Crippen LogP contribution in [-0.2, 0) is 19.1 Å². The smallest absolute Gasteiger partial charge is 0.311 e. The van der Waals surface area contributed by atoms with E-state index in [1.54, 1.807) is 33.8 Å². The van der Waals surface area contributed by atoms with Gasteiger partial charge < -0.3 is 9.84 Å². The molecule has 4 aliphatic rings. The molecule has 174 valence electrons. The van der Waals surface area contributed by atoms with Crippen LogP contribution in [0.2, 0.25) is 0 Å². The van der Waals surface area contributed by atoms with Gasteiger partial charge in [-0.05, 0) is 71.4 Å². The van der Waals surface area contributed by atoms with Crippen molar-refractivity contribution in [1.82, 2.24) is 0 Å². The van der Waals surface area contributed by atoms with Gasteiger partial charge in [-0.2, -0.15) is 0 Å². The number of carbonyl (C=O) groups excluding carboxylic acids is 3. The fraction of sp³-hybridized carbons (Fsp3) is 0.654. The van der Waals surface area contributed by atoms with Crippen LogP contribution in [0, 0.1) is 28.1 Å². The zero-order valence-electron chi connectivity index (χ0n) is 19.5. The second kappa shape index (κ2) is 7.21. The largest absolute Gasteiger partial charge is 0.457 e. The molecule has 0 saturated heterocycles. The monoisotopic (exact) mass is 444 g/mol. The van der Waals surface area contributed by atoms with Gasteiger partial charge in [0.25, 0.3) is 0 Å². The van der Waals surface area contributed by atoms with Crippen molar-refractivity contribution in [3.8, 4) is 0 Å². The maximum Gasteiger partial charge on any atom is 0.311 e. The molecule has 0 aromatic carbocycles. The number of Topliss-reactive ketones (excluding diaryl/α,β-unsaturated/α-hetero) is 1. The number of alkyl halides is 1. The highest BCUT2D eigenvalue weighted by atomic mass is 19.1. The summed E-state index contributed by atoms with van der Waals surface area (Å²) < 4.78 is 22.2. The SMILES string of the molecule is CC(C)(C)C(=O)OCC(=O)C1=CC[C@H]2[C@@H]3CCC4=CC(=O)C=C[C@]4(C)[C@@]3(F)[C@@H](O)C[C@]12C. The molecule has 0 aliphatic heterocycles. The molecular formula is C26H33FO5. The van der Waals surface area contributed by atoms with Crippen molar-refractivity contribution >= 4 is 17.5 Å². The third-order valence-electron chi connectivity index (χ3n) is 8.47. The average molecular weight is 445 g/mol. The molecular weight excluding hydrogens is 411 g/mol. The van der Waals surface area contributed by atoms with Gasteiger partial charge in [0.2, 0.25) is 0 Å². The molecule has 6 atom stereocenters. The summed E-state index contributed by atoms with van der Waals surface area (Å²) in [5.74, 6) is -1.46. The Labute approximate surface area is 188 Å². The summed E-state index contributed by atoms with van der Waals surface area (Å²) in [7, 11) is 0. The molecule has 5 nitrogen and oxygen atoms in total. The van der Waals surface area contributed by atoms with Crippen LogP contribution in [0.4, 0.5) is 4.39 Å². The van der Waals surface area contributed by atoms with Crippen molar-refractivity contribution in [1.29, 1.82) is 0 Å². The number of rotatable bonds is 3. The van der Waals surface area contributed by atoms with Crippen LogP contribution in [0.5, 0.6) is 0 Å². The topological polar surface area (TPSA) is 80.7 Å². The van der Waals surface area contributed by atoms with Gasteiger partial charge in [0.15, 0.2) is 23.8 Å². The van der Waals surface area contributed by atoms with Crippen molar-refractivity contribution in [3.63, 3.8) is 0 Å². The number of fused-ring (bicyclic) bond motifs is 5. The third-order valence-corrected chi connectivity index (χ3v) is 8.47. The summed E-state index contributed by atoms with van der Waals surface area (Å²) in [4.78, 5) is 37.0. The number of halogens is 1. The lowest BCUT2D eigenvalue weighted by atomic mass is 9.45. The number of allylic oxidation sites excluding steroid dienone is 5. The number of aliphatic hydroxyl groups is 1. The Kier molecular flexibility index (Phi) is 5.20. The minimum atomic E-state index is -1.91. The molecule has 0 aromatic rings. The van der Waals surface area contributed by atoms with Gasteiger partial charge in [0, 0.05) is 22.3 Å². The number of hydrogen-bond acceptors (Lipinski definition) is 5. The molecule has 2 saturated carbocycles. The molecule has 4 aliphatic carbocycles. The molecule has 32 heavy (non-hydrogen) atoms. The van der Waals surface area contributed by atoms with E-state index in [0.717, 1.165) is 5.57 Å². The van der Waals surface area contributed by atoms with Crippen molar-refractivity contribution in [2.75, 3.05) is 6.61 Å². The summed E-state index contributed by atoms with van der Waals surface area (Å²) in [5.41, 5.74) is -3.07. The molecule has 6 heteroatoms. The maximum absolute atomic E-state index is 16.9. The molecule has 1 N–H and O–H groups in total. The van der Waals surface area contributed by atoms with E-state index in [0.29, 0.717) is 24.8 Å². The van der Waals surface area contributed by atoms with Crippen molar-refractivity contribution in [2.24, 2.45) is 28.1 Å². The quantitative estimate of drug-likeness (QED) is 0.664. The van der Waals surface area contributed by atoms with Crippen LogP contribution in [0.1, 0.15) is 60.3 Å². The zero-order chi connectivity index (χ0) is 23.7. The standard InChI is InChI=1S/C26H33FO5/c1-23(2,3)22(31)32-14-20(29)19-9-8-17-18-7-6-15-12-16(28)10-11-25(15,5)26(18,27)21(30)13-24(17,19)4/h9-12,17-18,21,30H,6-8,13-14H2,1-5H3/t17-,18-,21-,24-,25-,26-/m0/s1. The fourth-order valence-electron chi connectivity index (χ4n) is 6.64. The molecule has 0 spiro atoms. The van der Waals surface area contributed by atoms with Crippen molar-refractivity contribution < 1.29 is 28.6 Å². The van der Waals surface area contributed by atoms with Gasteiger partial charge in [-0.15, -0.1) is 0 Å². The van der Waals surface area contributed by atoms with Gasteiger partial charge in [0.05, 0.1) is 11.5 Å². The number of esters is 1. The van der Waals surface area contributed by atoms with Gasteiger partial charge in [-0.1, -0.05) is 24.6 Å². The first kappa shape index (κ1) is 23.1. The van der Waals surface area contributed by atoms with E-state index in [4.69, 9.17) is 4.74 Å². The predicted molar refractivity (Wildman–Crippen MR) is 117 cm³/mol. The Morgan fingerprint density at radius 3 is 2.59 bits per heavy atom. The lowest BCUT2D eigenvalue weighted by Crippen LogP contribution is -2.66. The van der Waals surface area contributed by atoms with Gasteiger partial charge in [-0.3, -0.25) is 14.4 Å². The second-order valence-electron chi connectivity index (χ2n) is 11.4. The molecule has 2 fully saturated rings. The highest BCUT2D eigenvalue weighted by Gasteiger charge is 2.69. The predicted octanol–water partition coefficient (Wildman–Crippen LogP) is 4.05. The molecule has 0 bridgehead atoms. The molecule has 0 heterocycles. The lowest BCUT2D eigenvalue weighted by molar-refractivity contribution is -0.185. The summed E-state index contributed by atoms with van der Waals surface area (Å²) in [6.07, 6.45) is 6.88. The van der Waals surface area contributed by atoms with Crippen molar-refractivity contribution in [3.05, 3.63) is 35.5 Å². The second-order valence-corrected chi connectivity index (χ2v) is 11.4. The van der Waals surface area contributed by atoms with Crippen LogP contribution in [0.3, 0.4) is 0 Å². The number of carbonyl (C=O) groups is 3. The normalized spacial score (nSPS) is 40.6. The van der Waals surface area contributed by atoms with Crippen molar-refractivity contribution in [2.45, 2.75) is 72.1 Å². The summed E-state index contributed by atoms with van der Waals surface area (Å²) in [6, 6.07) is 0. The van der Waals surface area contributed by atoms with E-state index in [2.05, 4.69) is 0 Å². The maximum atomic E-state index is 16.9. The number of hydrogen-bond donors (Lipinski definition) is 1. The van der Waals surface area contributed by atoms with E-state index in [-0.39, 0.29) is 30.5 Å². The molecule has 4 rings (SSSR count). The average Bonchev–Trinajstić information content (AvgIpc) is 3.03. The minimum absolute atomic E-state index is 0.111. The molecule has 0 amide bonds. The first-order valence-corrected chi connectivity index (χ1v) is 11.5. The summed E-state index contributed by atoms with van der Waals surface area (Å²) in [5, 5.41) is 11.2. The fourth-order valence-corrected chi connectivity index (χ4v) is 6.64.